The summed E-state index contributed by atoms with van der Waals surface area (Å²) in [6, 6.07) is 23.3. The average Bonchev–Trinajstić information content (AvgIpc) is 3.02. The molecular formula is C33H38F2N2O9. The van der Waals surface area contributed by atoms with E-state index in [0.717, 1.165) is 56.4 Å². The van der Waals surface area contributed by atoms with Crippen molar-refractivity contribution in [3.8, 4) is 0 Å². The summed E-state index contributed by atoms with van der Waals surface area (Å²) in [5.41, 5.74) is 9.44. The van der Waals surface area contributed by atoms with Crippen molar-refractivity contribution in [2.24, 2.45) is 11.7 Å². The summed E-state index contributed by atoms with van der Waals surface area (Å²) in [6.07, 6.45) is 3.82. The lowest BCUT2D eigenvalue weighted by molar-refractivity contribution is -0.159. The van der Waals surface area contributed by atoms with Gasteiger partial charge in [0.15, 0.2) is 0 Å². The summed E-state index contributed by atoms with van der Waals surface area (Å²) < 4.78 is 33.1. The topological polar surface area (TPSA) is 188 Å². The fourth-order valence-electron chi connectivity index (χ4n) is 4.78. The van der Waals surface area contributed by atoms with Crippen LogP contribution in [0.15, 0.2) is 78.9 Å². The van der Waals surface area contributed by atoms with Crippen LogP contribution in [0.4, 0.5) is 8.78 Å². The smallest absolute Gasteiger partial charge is 0.414 e. The van der Waals surface area contributed by atoms with Gasteiger partial charge in [0.25, 0.3) is 0 Å². The number of ether oxygens (including phenoxy) is 1. The number of aliphatic carboxylic acids is 4. The predicted molar refractivity (Wildman–Crippen MR) is 163 cm³/mol. The quantitative estimate of drug-likeness (QED) is 0.200. The van der Waals surface area contributed by atoms with Crippen LogP contribution in [0.1, 0.15) is 42.1 Å². The van der Waals surface area contributed by atoms with Gasteiger partial charge in [0.2, 0.25) is 0 Å². The molecule has 3 aromatic rings. The lowest BCUT2D eigenvalue weighted by Crippen LogP contribution is -2.43. The number of benzene rings is 3. The fraction of sp³-hybridized carbons (Fsp3) is 0.333. The van der Waals surface area contributed by atoms with Crippen molar-refractivity contribution < 1.29 is 53.1 Å². The van der Waals surface area contributed by atoms with Crippen molar-refractivity contribution in [3.63, 3.8) is 0 Å². The number of carboxylic acids is 4. The van der Waals surface area contributed by atoms with Gasteiger partial charge in [0.1, 0.15) is 17.7 Å². The van der Waals surface area contributed by atoms with Gasteiger partial charge in [-0.05, 0) is 85.6 Å². The molecule has 4 rings (SSSR count). The normalized spacial score (nSPS) is 13.8. The number of likely N-dealkylation sites (tertiary alicyclic amines) is 1. The Kier molecular flexibility index (Phi) is 16.0. The van der Waals surface area contributed by atoms with Gasteiger partial charge in [-0.1, -0.05) is 54.6 Å². The maximum absolute atomic E-state index is 13.4. The van der Waals surface area contributed by atoms with E-state index in [4.69, 9.17) is 50.1 Å². The predicted octanol–water partition coefficient (Wildman–Crippen LogP) is 4.05. The second kappa shape index (κ2) is 19.6. The monoisotopic (exact) mass is 644 g/mol. The SMILES string of the molecule is N[C@H](Cc1ccccc1)CN1CCC(CCOC(c2ccc(F)cc2)c2ccc(F)cc2)CC1.O=C(O)C(=O)O.O=C(O)C(=O)O. The molecule has 0 bridgehead atoms. The van der Waals surface area contributed by atoms with Crippen molar-refractivity contribution in [1.82, 2.24) is 4.90 Å². The minimum absolute atomic E-state index is 0.148. The first-order valence-corrected chi connectivity index (χ1v) is 14.4. The molecule has 0 radical (unpaired) electrons. The molecule has 0 saturated carbocycles. The Labute approximate surface area is 264 Å². The van der Waals surface area contributed by atoms with Crippen LogP contribution >= 0.6 is 0 Å². The molecule has 1 aliphatic rings. The molecule has 46 heavy (non-hydrogen) atoms. The Morgan fingerprint density at radius 1 is 0.739 bits per heavy atom. The number of carbonyl (C=O) groups is 4. The van der Waals surface area contributed by atoms with Crippen LogP contribution < -0.4 is 5.73 Å². The van der Waals surface area contributed by atoms with Gasteiger partial charge in [0, 0.05) is 19.2 Å². The van der Waals surface area contributed by atoms with Crippen LogP contribution in [-0.4, -0.2) is 81.5 Å². The Bertz CT molecular complexity index is 1290. The molecule has 13 heteroatoms. The lowest BCUT2D eigenvalue weighted by Gasteiger charge is -2.33. The number of halogens is 2. The molecule has 1 atom stereocenters. The second-order valence-corrected chi connectivity index (χ2v) is 10.6. The fourth-order valence-corrected chi connectivity index (χ4v) is 4.78. The van der Waals surface area contributed by atoms with E-state index in [9.17, 15) is 8.78 Å². The zero-order valence-corrected chi connectivity index (χ0v) is 25.0. The van der Waals surface area contributed by atoms with Gasteiger partial charge < -0.3 is 35.8 Å². The van der Waals surface area contributed by atoms with Crippen LogP contribution in [0.3, 0.4) is 0 Å². The third-order valence-corrected chi connectivity index (χ3v) is 7.06. The molecule has 0 spiro atoms. The molecule has 11 nitrogen and oxygen atoms in total. The van der Waals surface area contributed by atoms with E-state index in [1.165, 1.54) is 29.8 Å². The number of nitrogens with zero attached hydrogens (tertiary/aromatic N) is 1. The van der Waals surface area contributed by atoms with Crippen molar-refractivity contribution in [3.05, 3.63) is 107 Å². The number of carboxylic acid groups (broad SMARTS) is 4. The number of rotatable bonds is 10. The van der Waals surface area contributed by atoms with Crippen molar-refractivity contribution in [1.29, 1.82) is 0 Å². The molecule has 3 aromatic carbocycles. The molecule has 0 unspecified atom stereocenters. The maximum atomic E-state index is 13.4. The highest BCUT2D eigenvalue weighted by Gasteiger charge is 2.22. The van der Waals surface area contributed by atoms with Gasteiger partial charge in [-0.15, -0.1) is 0 Å². The molecule has 1 fully saturated rings. The first-order chi connectivity index (χ1) is 21.8. The highest BCUT2D eigenvalue weighted by Crippen LogP contribution is 2.28. The first kappa shape index (κ1) is 37.5. The summed E-state index contributed by atoms with van der Waals surface area (Å²) in [4.78, 5) is 38.9. The molecule has 0 amide bonds. The van der Waals surface area contributed by atoms with Crippen molar-refractivity contribution in [2.45, 2.75) is 37.8 Å². The summed E-state index contributed by atoms with van der Waals surface area (Å²) in [6.45, 7) is 3.66. The Hall–Kier alpha value is -4.72. The van der Waals surface area contributed by atoms with Gasteiger partial charge in [-0.3, -0.25) is 0 Å². The number of nitrogens with two attached hydrogens (primary N) is 1. The molecule has 0 aromatic heterocycles. The van der Waals surface area contributed by atoms with E-state index in [2.05, 4.69) is 29.2 Å². The molecule has 1 saturated heterocycles. The first-order valence-electron chi connectivity index (χ1n) is 14.4. The zero-order chi connectivity index (χ0) is 34.1. The minimum Gasteiger partial charge on any atom is -0.473 e. The van der Waals surface area contributed by atoms with E-state index in [1.807, 2.05) is 6.07 Å². The van der Waals surface area contributed by atoms with Gasteiger partial charge in [-0.25, -0.2) is 28.0 Å². The summed E-state index contributed by atoms with van der Waals surface area (Å²) in [7, 11) is 0. The number of hydrogen-bond acceptors (Lipinski definition) is 7. The molecule has 1 aliphatic heterocycles. The van der Waals surface area contributed by atoms with Crippen LogP contribution in [0.5, 0.6) is 0 Å². The number of piperidine rings is 1. The van der Waals surface area contributed by atoms with E-state index >= 15 is 0 Å². The Morgan fingerprint density at radius 2 is 1.17 bits per heavy atom. The third-order valence-electron chi connectivity index (χ3n) is 7.06. The molecule has 248 valence electrons. The summed E-state index contributed by atoms with van der Waals surface area (Å²) in [5.74, 6) is -7.24. The maximum Gasteiger partial charge on any atom is 0.414 e. The largest absolute Gasteiger partial charge is 0.473 e. The standard InChI is InChI=1S/C29H34F2N2O.2C2H2O4/c30-26-10-6-24(7-11-26)29(25-8-12-27(31)13-9-25)34-19-16-22-14-17-33(18-15-22)21-28(32)20-23-4-2-1-3-5-23;2*3-1(4)2(5)6/h1-13,22,28-29H,14-21,32H2;2*(H,3,4)(H,5,6)/t28-;;/m1../s1. The Morgan fingerprint density at radius 3 is 1.59 bits per heavy atom. The molecule has 0 aliphatic carbocycles. The molecule has 6 N–H and O–H groups in total. The minimum atomic E-state index is -1.82. The second-order valence-electron chi connectivity index (χ2n) is 10.6. The van der Waals surface area contributed by atoms with Crippen LogP contribution in [0.2, 0.25) is 0 Å². The number of hydrogen-bond donors (Lipinski definition) is 5. The van der Waals surface area contributed by atoms with E-state index in [-0.39, 0.29) is 23.8 Å². The highest BCUT2D eigenvalue weighted by molar-refractivity contribution is 6.27. The van der Waals surface area contributed by atoms with Crippen LogP contribution in [0, 0.1) is 17.6 Å². The molecule has 1 heterocycles. The van der Waals surface area contributed by atoms with E-state index in [1.54, 1.807) is 24.3 Å². The van der Waals surface area contributed by atoms with E-state index in [0.29, 0.717) is 12.5 Å². The van der Waals surface area contributed by atoms with Gasteiger partial charge in [0.05, 0.1) is 0 Å². The Balaban J connectivity index is 0.000000522. The van der Waals surface area contributed by atoms with E-state index < -0.39 is 23.9 Å². The zero-order valence-electron chi connectivity index (χ0n) is 25.0. The summed E-state index contributed by atoms with van der Waals surface area (Å²) >= 11 is 0. The lowest BCUT2D eigenvalue weighted by atomic mass is 9.93. The third kappa shape index (κ3) is 14.4. The molecular weight excluding hydrogens is 606 g/mol. The van der Waals surface area contributed by atoms with Crippen LogP contribution in [0.25, 0.3) is 0 Å². The van der Waals surface area contributed by atoms with Crippen molar-refractivity contribution in [2.75, 3.05) is 26.2 Å². The highest BCUT2D eigenvalue weighted by atomic mass is 19.1. The summed E-state index contributed by atoms with van der Waals surface area (Å²) in [5, 5.41) is 29.6. The van der Waals surface area contributed by atoms with Crippen LogP contribution in [-0.2, 0) is 30.3 Å². The van der Waals surface area contributed by atoms with Gasteiger partial charge in [-0.2, -0.15) is 0 Å². The van der Waals surface area contributed by atoms with Crippen molar-refractivity contribution >= 4 is 23.9 Å². The van der Waals surface area contributed by atoms with Gasteiger partial charge >= 0.3 is 23.9 Å². The average molecular weight is 645 g/mol.